The van der Waals surface area contributed by atoms with Crippen LogP contribution >= 0.6 is 0 Å². The number of aryl methyl sites for hydroxylation is 2. The fraction of sp³-hybridized carbons (Fsp3) is 0.550. The summed E-state index contributed by atoms with van der Waals surface area (Å²) in [6.07, 6.45) is 0.815. The van der Waals surface area contributed by atoms with Crippen LogP contribution in [-0.2, 0) is 16.0 Å². The molecule has 1 aromatic heterocycles. The van der Waals surface area contributed by atoms with E-state index >= 15 is 0 Å². The van der Waals surface area contributed by atoms with Crippen molar-refractivity contribution < 1.29 is 14.1 Å². The standard InChI is InChI=1S/C20H28N4O3/c1-15-6-4-5-7-17(15)20-21-18(27-22-20)8-9-19(25)23(3)14-16(2)24-10-12-26-13-11-24/h4-7,16H,8-14H2,1-3H3/t16-/m0/s1. The molecule has 7 heteroatoms. The lowest BCUT2D eigenvalue weighted by Crippen LogP contribution is -2.47. The second kappa shape index (κ2) is 9.10. The van der Waals surface area contributed by atoms with Crippen molar-refractivity contribution in [2.45, 2.75) is 32.7 Å². The van der Waals surface area contributed by atoms with Gasteiger partial charge in [0.1, 0.15) is 0 Å². The minimum atomic E-state index is 0.0887. The molecule has 0 saturated carbocycles. The molecule has 1 fully saturated rings. The van der Waals surface area contributed by atoms with E-state index in [-0.39, 0.29) is 5.91 Å². The molecular formula is C20H28N4O3. The van der Waals surface area contributed by atoms with Gasteiger partial charge in [0.2, 0.25) is 17.6 Å². The van der Waals surface area contributed by atoms with Crippen molar-refractivity contribution in [2.75, 3.05) is 39.9 Å². The van der Waals surface area contributed by atoms with Crippen LogP contribution in [-0.4, -0.2) is 71.8 Å². The molecule has 146 valence electrons. The van der Waals surface area contributed by atoms with E-state index in [2.05, 4.69) is 22.0 Å². The van der Waals surface area contributed by atoms with E-state index in [9.17, 15) is 4.79 Å². The van der Waals surface area contributed by atoms with Gasteiger partial charge in [-0.3, -0.25) is 9.69 Å². The number of likely N-dealkylation sites (N-methyl/N-ethyl adjacent to an activating group) is 1. The second-order valence-corrected chi connectivity index (χ2v) is 7.10. The van der Waals surface area contributed by atoms with Crippen molar-refractivity contribution in [2.24, 2.45) is 0 Å². The maximum atomic E-state index is 12.5. The maximum absolute atomic E-state index is 12.5. The first-order valence-corrected chi connectivity index (χ1v) is 9.49. The Morgan fingerprint density at radius 2 is 2.04 bits per heavy atom. The number of nitrogens with zero attached hydrogens (tertiary/aromatic N) is 4. The Bertz CT molecular complexity index is 755. The third-order valence-corrected chi connectivity index (χ3v) is 5.04. The first-order valence-electron chi connectivity index (χ1n) is 9.49. The van der Waals surface area contributed by atoms with Crippen molar-refractivity contribution in [1.29, 1.82) is 0 Å². The number of ether oxygens (including phenoxy) is 1. The van der Waals surface area contributed by atoms with Crippen LogP contribution < -0.4 is 0 Å². The molecule has 27 heavy (non-hydrogen) atoms. The Hall–Kier alpha value is -2.25. The van der Waals surface area contributed by atoms with Gasteiger partial charge in [-0.2, -0.15) is 4.98 Å². The topological polar surface area (TPSA) is 71.7 Å². The largest absolute Gasteiger partial charge is 0.379 e. The van der Waals surface area contributed by atoms with Gasteiger partial charge in [0.25, 0.3) is 0 Å². The highest BCUT2D eigenvalue weighted by atomic mass is 16.5. The van der Waals surface area contributed by atoms with Gasteiger partial charge in [-0.15, -0.1) is 0 Å². The molecule has 3 rings (SSSR count). The fourth-order valence-electron chi connectivity index (χ4n) is 3.33. The van der Waals surface area contributed by atoms with Gasteiger partial charge in [0.05, 0.1) is 13.2 Å². The number of hydrogen-bond donors (Lipinski definition) is 0. The predicted octanol–water partition coefficient (Wildman–Crippen LogP) is 2.16. The highest BCUT2D eigenvalue weighted by molar-refractivity contribution is 5.76. The smallest absolute Gasteiger partial charge is 0.227 e. The Labute approximate surface area is 160 Å². The van der Waals surface area contributed by atoms with E-state index in [1.54, 1.807) is 4.90 Å². The van der Waals surface area contributed by atoms with Crippen LogP contribution in [0.3, 0.4) is 0 Å². The van der Waals surface area contributed by atoms with E-state index in [4.69, 9.17) is 9.26 Å². The number of carbonyl (C=O) groups excluding carboxylic acids is 1. The zero-order valence-electron chi connectivity index (χ0n) is 16.4. The summed E-state index contributed by atoms with van der Waals surface area (Å²) in [5.41, 5.74) is 2.05. The Morgan fingerprint density at radius 1 is 1.30 bits per heavy atom. The predicted molar refractivity (Wildman–Crippen MR) is 102 cm³/mol. The summed E-state index contributed by atoms with van der Waals surface area (Å²) in [5.74, 6) is 1.16. The van der Waals surface area contributed by atoms with Gasteiger partial charge in [0.15, 0.2) is 0 Å². The van der Waals surface area contributed by atoms with Crippen LogP contribution in [0.1, 0.15) is 24.8 Å². The first-order chi connectivity index (χ1) is 13.0. The molecule has 0 bridgehead atoms. The molecule has 2 aromatic rings. The van der Waals surface area contributed by atoms with Crippen LogP contribution in [0.25, 0.3) is 11.4 Å². The molecule has 0 radical (unpaired) electrons. The average Bonchev–Trinajstić information content (AvgIpc) is 3.15. The van der Waals surface area contributed by atoms with Crippen LogP contribution in [0.4, 0.5) is 0 Å². The summed E-state index contributed by atoms with van der Waals surface area (Å²) in [5, 5.41) is 4.05. The van der Waals surface area contributed by atoms with Gasteiger partial charge in [0, 0.05) is 51.1 Å². The van der Waals surface area contributed by atoms with E-state index < -0.39 is 0 Å². The molecule has 1 amide bonds. The summed E-state index contributed by atoms with van der Waals surface area (Å²) in [7, 11) is 1.85. The number of rotatable bonds is 7. The van der Waals surface area contributed by atoms with E-state index in [1.165, 1.54) is 0 Å². The van der Waals surface area contributed by atoms with Gasteiger partial charge >= 0.3 is 0 Å². The minimum Gasteiger partial charge on any atom is -0.379 e. The van der Waals surface area contributed by atoms with Gasteiger partial charge in [-0.25, -0.2) is 0 Å². The number of benzene rings is 1. The molecule has 0 aliphatic carbocycles. The minimum absolute atomic E-state index is 0.0887. The van der Waals surface area contributed by atoms with Crippen molar-refractivity contribution in [3.05, 3.63) is 35.7 Å². The lowest BCUT2D eigenvalue weighted by Gasteiger charge is -2.34. The lowest BCUT2D eigenvalue weighted by molar-refractivity contribution is -0.130. The lowest BCUT2D eigenvalue weighted by atomic mass is 10.1. The molecule has 1 aromatic carbocycles. The van der Waals surface area contributed by atoms with Gasteiger partial charge < -0.3 is 14.2 Å². The third-order valence-electron chi connectivity index (χ3n) is 5.04. The summed E-state index contributed by atoms with van der Waals surface area (Å²) in [6.45, 7) is 8.25. The molecule has 1 aliphatic heterocycles. The Morgan fingerprint density at radius 3 is 2.78 bits per heavy atom. The monoisotopic (exact) mass is 372 g/mol. The van der Waals surface area contributed by atoms with Crippen LogP contribution in [0.5, 0.6) is 0 Å². The quantitative estimate of drug-likeness (QED) is 0.742. The first kappa shape index (κ1) is 19.5. The molecule has 1 aliphatic rings. The summed E-state index contributed by atoms with van der Waals surface area (Å²) >= 11 is 0. The normalized spacial score (nSPS) is 16.3. The van der Waals surface area contributed by atoms with Crippen molar-refractivity contribution in [1.82, 2.24) is 19.9 Å². The van der Waals surface area contributed by atoms with E-state index in [1.807, 2.05) is 38.2 Å². The highest BCUT2D eigenvalue weighted by Gasteiger charge is 2.21. The Balaban J connectivity index is 1.49. The Kier molecular flexibility index (Phi) is 6.58. The summed E-state index contributed by atoms with van der Waals surface area (Å²) < 4.78 is 10.7. The number of aromatic nitrogens is 2. The van der Waals surface area contributed by atoms with Crippen LogP contribution in [0.2, 0.25) is 0 Å². The molecule has 0 spiro atoms. The van der Waals surface area contributed by atoms with Gasteiger partial charge in [-0.05, 0) is 19.4 Å². The summed E-state index contributed by atoms with van der Waals surface area (Å²) in [4.78, 5) is 21.0. The van der Waals surface area contributed by atoms with Crippen molar-refractivity contribution in [3.63, 3.8) is 0 Å². The van der Waals surface area contributed by atoms with E-state index in [0.29, 0.717) is 37.1 Å². The number of morpholine rings is 1. The zero-order valence-corrected chi connectivity index (χ0v) is 16.4. The van der Waals surface area contributed by atoms with Gasteiger partial charge in [-0.1, -0.05) is 29.4 Å². The molecule has 0 N–H and O–H groups in total. The van der Waals surface area contributed by atoms with Crippen LogP contribution in [0, 0.1) is 6.92 Å². The molecule has 2 heterocycles. The third kappa shape index (κ3) is 5.14. The number of carbonyl (C=O) groups is 1. The highest BCUT2D eigenvalue weighted by Crippen LogP contribution is 2.20. The SMILES string of the molecule is Cc1ccccc1-c1noc(CCC(=O)N(C)C[C@H](C)N2CCOCC2)n1. The van der Waals surface area contributed by atoms with Crippen molar-refractivity contribution >= 4 is 5.91 Å². The second-order valence-electron chi connectivity index (χ2n) is 7.10. The summed E-state index contributed by atoms with van der Waals surface area (Å²) in [6, 6.07) is 8.23. The molecular weight excluding hydrogens is 344 g/mol. The van der Waals surface area contributed by atoms with Crippen molar-refractivity contribution in [3.8, 4) is 11.4 Å². The molecule has 0 unspecified atom stereocenters. The number of amides is 1. The molecule has 1 saturated heterocycles. The average molecular weight is 372 g/mol. The number of hydrogen-bond acceptors (Lipinski definition) is 6. The molecule has 1 atom stereocenters. The molecule has 7 nitrogen and oxygen atoms in total. The van der Waals surface area contributed by atoms with Crippen LogP contribution in [0.15, 0.2) is 28.8 Å². The van der Waals surface area contributed by atoms with E-state index in [0.717, 1.165) is 37.4 Å². The fourth-order valence-corrected chi connectivity index (χ4v) is 3.33. The zero-order chi connectivity index (χ0) is 19.2. The maximum Gasteiger partial charge on any atom is 0.227 e.